The fourth-order valence-electron chi connectivity index (χ4n) is 2.58. The van der Waals surface area contributed by atoms with E-state index in [9.17, 15) is 9.59 Å². The monoisotopic (exact) mass is 306 g/mol. The number of nitrogens with one attached hydrogen (secondary N) is 1. The number of benzene rings is 1. The summed E-state index contributed by atoms with van der Waals surface area (Å²) in [5.41, 5.74) is 2.58. The van der Waals surface area contributed by atoms with Crippen LogP contribution in [0.15, 0.2) is 18.2 Å². The predicted molar refractivity (Wildman–Crippen MR) is 87.9 cm³/mol. The van der Waals surface area contributed by atoms with Crippen molar-refractivity contribution in [3.05, 3.63) is 29.3 Å². The molecule has 0 bridgehead atoms. The highest BCUT2D eigenvalue weighted by molar-refractivity contribution is 7.98. The van der Waals surface area contributed by atoms with Crippen LogP contribution in [-0.2, 0) is 11.2 Å². The maximum absolute atomic E-state index is 12.6. The predicted octanol–water partition coefficient (Wildman–Crippen LogP) is 2.78. The Morgan fingerprint density at radius 3 is 2.86 bits per heavy atom. The van der Waals surface area contributed by atoms with Gasteiger partial charge in [0.1, 0.15) is 0 Å². The van der Waals surface area contributed by atoms with Gasteiger partial charge in [-0.2, -0.15) is 11.8 Å². The van der Waals surface area contributed by atoms with E-state index in [0.717, 1.165) is 23.4 Å². The van der Waals surface area contributed by atoms with E-state index >= 15 is 0 Å². The van der Waals surface area contributed by atoms with Gasteiger partial charge in [0.2, 0.25) is 5.91 Å². The number of anilines is 1. The van der Waals surface area contributed by atoms with Gasteiger partial charge < -0.3 is 10.2 Å². The van der Waals surface area contributed by atoms with Gasteiger partial charge >= 0.3 is 0 Å². The van der Waals surface area contributed by atoms with Crippen molar-refractivity contribution in [2.75, 3.05) is 24.4 Å². The third kappa shape index (κ3) is 3.59. The molecule has 0 aromatic heterocycles. The summed E-state index contributed by atoms with van der Waals surface area (Å²) in [4.78, 5) is 25.8. The molecule has 21 heavy (non-hydrogen) atoms. The van der Waals surface area contributed by atoms with Gasteiger partial charge in [-0.15, -0.1) is 0 Å². The summed E-state index contributed by atoms with van der Waals surface area (Å²) < 4.78 is 0. The summed E-state index contributed by atoms with van der Waals surface area (Å²) in [5.74, 6) is 1.04. The second-order valence-electron chi connectivity index (χ2n) is 5.35. The highest BCUT2D eigenvalue weighted by atomic mass is 32.2. The molecule has 1 aromatic rings. The van der Waals surface area contributed by atoms with Crippen LogP contribution in [0.2, 0.25) is 0 Å². The highest BCUT2D eigenvalue weighted by Crippen LogP contribution is 2.24. The topological polar surface area (TPSA) is 49.4 Å². The zero-order valence-electron chi connectivity index (χ0n) is 12.8. The van der Waals surface area contributed by atoms with E-state index < -0.39 is 0 Å². The molecule has 1 atom stereocenters. The van der Waals surface area contributed by atoms with Gasteiger partial charge in [-0.1, -0.05) is 6.92 Å². The Labute approximate surface area is 130 Å². The summed E-state index contributed by atoms with van der Waals surface area (Å²) in [7, 11) is 1.87. The molecule has 0 fully saturated rings. The van der Waals surface area contributed by atoms with Gasteiger partial charge in [0, 0.05) is 36.5 Å². The molecule has 4 nitrogen and oxygen atoms in total. The minimum Gasteiger partial charge on any atom is -0.338 e. The van der Waals surface area contributed by atoms with Crippen molar-refractivity contribution in [3.8, 4) is 0 Å². The quantitative estimate of drug-likeness (QED) is 0.910. The lowest BCUT2D eigenvalue weighted by Crippen LogP contribution is -2.38. The van der Waals surface area contributed by atoms with Crippen molar-refractivity contribution in [2.45, 2.75) is 32.2 Å². The number of carbonyl (C=O) groups is 2. The standard InChI is InChI=1S/C16H22N2O2S/c1-4-13(10-21-3)18(2)16(20)12-5-7-14-11(9-12)6-8-15(19)17-14/h5,7,9,13H,4,6,8,10H2,1-3H3,(H,17,19). The van der Waals surface area contributed by atoms with Gasteiger partial charge in [-0.05, 0) is 42.9 Å². The average molecular weight is 306 g/mol. The van der Waals surface area contributed by atoms with E-state index in [0.29, 0.717) is 18.4 Å². The number of fused-ring (bicyclic) bond motifs is 1. The molecule has 0 saturated carbocycles. The van der Waals surface area contributed by atoms with Crippen molar-refractivity contribution < 1.29 is 9.59 Å². The second kappa shape index (κ2) is 6.98. The lowest BCUT2D eigenvalue weighted by atomic mass is 9.99. The van der Waals surface area contributed by atoms with E-state index in [1.165, 1.54) is 0 Å². The lowest BCUT2D eigenvalue weighted by molar-refractivity contribution is -0.116. The number of rotatable bonds is 5. The molecule has 0 aliphatic carbocycles. The largest absolute Gasteiger partial charge is 0.338 e. The van der Waals surface area contributed by atoms with E-state index in [2.05, 4.69) is 18.5 Å². The Hall–Kier alpha value is -1.49. The first kappa shape index (κ1) is 15.9. The molecule has 1 N–H and O–H groups in total. The van der Waals surface area contributed by atoms with Crippen LogP contribution in [0.5, 0.6) is 0 Å². The van der Waals surface area contributed by atoms with Crippen molar-refractivity contribution in [1.82, 2.24) is 4.90 Å². The maximum Gasteiger partial charge on any atom is 0.253 e. The maximum atomic E-state index is 12.6. The van der Waals surface area contributed by atoms with Crippen LogP contribution in [0.25, 0.3) is 0 Å². The number of hydrogen-bond acceptors (Lipinski definition) is 3. The summed E-state index contributed by atoms with van der Waals surface area (Å²) in [6, 6.07) is 5.81. The molecule has 2 amide bonds. The first-order valence-corrected chi connectivity index (χ1v) is 8.65. The molecule has 1 heterocycles. The zero-order chi connectivity index (χ0) is 15.4. The Bertz CT molecular complexity index is 545. The summed E-state index contributed by atoms with van der Waals surface area (Å²) in [6.45, 7) is 2.10. The Kier molecular flexibility index (Phi) is 5.28. The minimum absolute atomic E-state index is 0.0460. The second-order valence-corrected chi connectivity index (χ2v) is 6.26. The number of amides is 2. The molecular formula is C16H22N2O2S. The van der Waals surface area contributed by atoms with Crippen LogP contribution in [0.3, 0.4) is 0 Å². The number of aryl methyl sites for hydroxylation is 1. The molecule has 1 unspecified atom stereocenters. The number of thioether (sulfide) groups is 1. The van der Waals surface area contributed by atoms with Gasteiger partial charge in [-0.25, -0.2) is 0 Å². The molecule has 0 saturated heterocycles. The minimum atomic E-state index is 0.0460. The number of carbonyl (C=O) groups excluding carboxylic acids is 2. The fraction of sp³-hybridized carbons (Fsp3) is 0.500. The fourth-order valence-corrected chi connectivity index (χ4v) is 3.43. The van der Waals surface area contributed by atoms with E-state index in [1.54, 1.807) is 17.8 Å². The molecule has 1 aliphatic rings. The van der Waals surface area contributed by atoms with Gasteiger partial charge in [0.15, 0.2) is 0 Å². The molecule has 1 aromatic carbocycles. The van der Waals surface area contributed by atoms with Crippen LogP contribution >= 0.6 is 11.8 Å². The van der Waals surface area contributed by atoms with Gasteiger partial charge in [-0.3, -0.25) is 9.59 Å². The van der Waals surface area contributed by atoms with Crippen LogP contribution in [0.4, 0.5) is 5.69 Å². The first-order chi connectivity index (χ1) is 10.1. The van der Waals surface area contributed by atoms with Crippen LogP contribution < -0.4 is 5.32 Å². The SMILES string of the molecule is CCC(CSC)N(C)C(=O)c1ccc2c(c1)CCC(=O)N2. The van der Waals surface area contributed by atoms with Crippen molar-refractivity contribution in [2.24, 2.45) is 0 Å². The Balaban J connectivity index is 2.18. The van der Waals surface area contributed by atoms with Crippen LogP contribution in [-0.4, -0.2) is 41.8 Å². The highest BCUT2D eigenvalue weighted by Gasteiger charge is 2.21. The lowest BCUT2D eigenvalue weighted by Gasteiger charge is -2.27. The molecular weight excluding hydrogens is 284 g/mol. The average Bonchev–Trinajstić information content (AvgIpc) is 2.50. The van der Waals surface area contributed by atoms with Crippen molar-refractivity contribution in [3.63, 3.8) is 0 Å². The Morgan fingerprint density at radius 2 is 2.19 bits per heavy atom. The Morgan fingerprint density at radius 1 is 1.43 bits per heavy atom. The molecule has 5 heteroatoms. The molecule has 114 valence electrons. The number of nitrogens with zero attached hydrogens (tertiary/aromatic N) is 1. The van der Waals surface area contributed by atoms with Crippen LogP contribution in [0.1, 0.15) is 35.7 Å². The zero-order valence-corrected chi connectivity index (χ0v) is 13.6. The normalized spacial score (nSPS) is 15.1. The molecule has 1 aliphatic heterocycles. The molecule has 0 radical (unpaired) electrons. The van der Waals surface area contributed by atoms with Crippen LogP contribution in [0, 0.1) is 0 Å². The summed E-state index contributed by atoms with van der Waals surface area (Å²) in [6.07, 6.45) is 4.20. The molecule has 0 spiro atoms. The van der Waals surface area contributed by atoms with Gasteiger partial charge in [0.05, 0.1) is 0 Å². The van der Waals surface area contributed by atoms with Crippen molar-refractivity contribution >= 4 is 29.3 Å². The van der Waals surface area contributed by atoms with E-state index in [1.807, 2.05) is 24.1 Å². The first-order valence-electron chi connectivity index (χ1n) is 7.25. The van der Waals surface area contributed by atoms with Crippen molar-refractivity contribution in [1.29, 1.82) is 0 Å². The third-order valence-electron chi connectivity index (χ3n) is 3.95. The summed E-state index contributed by atoms with van der Waals surface area (Å²) >= 11 is 1.76. The smallest absolute Gasteiger partial charge is 0.253 e. The molecule has 2 rings (SSSR count). The van der Waals surface area contributed by atoms with Gasteiger partial charge in [0.25, 0.3) is 5.91 Å². The number of hydrogen-bond donors (Lipinski definition) is 1. The van der Waals surface area contributed by atoms with E-state index in [-0.39, 0.29) is 17.9 Å². The third-order valence-corrected chi connectivity index (χ3v) is 4.66. The van der Waals surface area contributed by atoms with E-state index in [4.69, 9.17) is 0 Å². The summed E-state index contributed by atoms with van der Waals surface area (Å²) in [5, 5.41) is 2.84.